The first-order valence-corrected chi connectivity index (χ1v) is 43.6. The van der Waals surface area contributed by atoms with Crippen molar-refractivity contribution in [3.8, 4) is 0 Å². The third-order valence-corrected chi connectivity index (χ3v) is 19.9. The zero-order valence-electron chi connectivity index (χ0n) is 63.2. The Morgan fingerprint density at radius 3 is 0.745 bits per heavy atom. The highest BCUT2D eigenvalue weighted by molar-refractivity contribution is 7.47. The van der Waals surface area contributed by atoms with Crippen molar-refractivity contribution in [2.45, 2.75) is 418 Å². The summed E-state index contributed by atoms with van der Waals surface area (Å²) in [7, 11) is -9.93. The zero-order valence-corrected chi connectivity index (χ0v) is 65.0. The number of phosphoric ester groups is 2. The molecule has 98 heavy (non-hydrogen) atoms. The number of esters is 4. The van der Waals surface area contributed by atoms with Crippen molar-refractivity contribution < 1.29 is 80.2 Å². The second-order valence-corrected chi connectivity index (χ2v) is 30.7. The quantitative estimate of drug-likeness (QED) is 0.0169. The van der Waals surface area contributed by atoms with Crippen molar-refractivity contribution in [2.24, 2.45) is 0 Å². The van der Waals surface area contributed by atoms with Gasteiger partial charge in [-0.2, -0.15) is 0 Å². The minimum Gasteiger partial charge on any atom is -0.462 e. The Kier molecular flexibility index (Phi) is 71.0. The summed E-state index contributed by atoms with van der Waals surface area (Å²) in [5, 5.41) is 10.6. The van der Waals surface area contributed by atoms with Crippen LogP contribution >= 0.6 is 15.6 Å². The number of allylic oxidation sites excluding steroid dienone is 4. The maximum atomic E-state index is 13.1. The van der Waals surface area contributed by atoms with Crippen LogP contribution in [0.5, 0.6) is 0 Å². The van der Waals surface area contributed by atoms with Crippen LogP contribution in [-0.4, -0.2) is 96.7 Å². The summed E-state index contributed by atoms with van der Waals surface area (Å²) in [6.45, 7) is 4.95. The standard InChI is InChI=1S/C79H150O17P2/c1-5-9-13-17-21-25-29-32-35-36-39-42-46-50-54-58-62-66-79(84)96-75(70-90-77(82)64-60-56-52-48-44-40-37-33-30-26-22-18-14-10-6-2)72-94-98(87,88)92-68-73(80)67-91-97(85,86)93-71-74(69-89-76(81)63-59-55-51-47-43-28-24-20-16-12-8-4)95-78(83)65-61-57-53-49-45-41-38-34-31-27-23-19-15-11-7-3/h26,30,33,37,73-75,80H,5-25,27-29,31-32,34-36,38-72H2,1-4H3,(H,85,86)(H,87,88)/b30-26-,37-33-/t73-,74+,75+/m0/s1. The number of carbonyl (C=O) groups is 4. The smallest absolute Gasteiger partial charge is 0.462 e. The molecule has 0 saturated heterocycles. The molecule has 3 N–H and O–H groups in total. The second kappa shape index (κ2) is 72.9. The van der Waals surface area contributed by atoms with Gasteiger partial charge in [-0.3, -0.25) is 37.3 Å². The molecule has 0 aromatic carbocycles. The van der Waals surface area contributed by atoms with E-state index < -0.39 is 97.5 Å². The Labute approximate surface area is 599 Å². The Morgan fingerprint density at radius 2 is 0.490 bits per heavy atom. The fourth-order valence-electron chi connectivity index (χ4n) is 11.7. The number of unbranched alkanes of at least 4 members (excludes halogenated alkanes) is 49. The predicted molar refractivity (Wildman–Crippen MR) is 400 cm³/mol. The lowest BCUT2D eigenvalue weighted by atomic mass is 10.0. The molecule has 0 aliphatic carbocycles. The molecule has 0 rings (SSSR count). The van der Waals surface area contributed by atoms with Crippen LogP contribution in [0.2, 0.25) is 0 Å². The van der Waals surface area contributed by atoms with Crippen molar-refractivity contribution in [3.05, 3.63) is 24.3 Å². The average molecular weight is 1430 g/mol. The summed E-state index contributed by atoms with van der Waals surface area (Å²) < 4.78 is 68.6. The normalized spacial score (nSPS) is 14.0. The number of hydrogen-bond acceptors (Lipinski definition) is 15. The number of hydrogen-bond donors (Lipinski definition) is 3. The third kappa shape index (κ3) is 71.9. The summed E-state index contributed by atoms with van der Waals surface area (Å²) >= 11 is 0. The molecule has 578 valence electrons. The maximum absolute atomic E-state index is 13.1. The van der Waals surface area contributed by atoms with Gasteiger partial charge >= 0.3 is 39.5 Å². The van der Waals surface area contributed by atoms with Gasteiger partial charge in [-0.25, -0.2) is 9.13 Å². The molecule has 0 saturated carbocycles. The first-order valence-electron chi connectivity index (χ1n) is 40.6. The van der Waals surface area contributed by atoms with Crippen LogP contribution in [0.15, 0.2) is 24.3 Å². The molecule has 19 heteroatoms. The van der Waals surface area contributed by atoms with Gasteiger partial charge in [0.05, 0.1) is 26.4 Å². The van der Waals surface area contributed by atoms with Crippen molar-refractivity contribution in [3.63, 3.8) is 0 Å². The minimum absolute atomic E-state index is 0.102. The van der Waals surface area contributed by atoms with Gasteiger partial charge in [0, 0.05) is 25.7 Å². The van der Waals surface area contributed by atoms with E-state index in [1.807, 2.05) is 0 Å². The van der Waals surface area contributed by atoms with Crippen LogP contribution in [-0.2, 0) is 65.4 Å². The highest BCUT2D eigenvalue weighted by Crippen LogP contribution is 2.45. The lowest BCUT2D eigenvalue weighted by Crippen LogP contribution is -2.30. The molecule has 0 aliphatic rings. The molecule has 0 aliphatic heterocycles. The Bertz CT molecular complexity index is 1950. The van der Waals surface area contributed by atoms with Gasteiger partial charge in [-0.15, -0.1) is 0 Å². The number of aliphatic hydroxyl groups is 1. The van der Waals surface area contributed by atoms with Gasteiger partial charge in [0.2, 0.25) is 0 Å². The van der Waals surface area contributed by atoms with Crippen molar-refractivity contribution in [2.75, 3.05) is 39.6 Å². The number of carbonyl (C=O) groups excluding carboxylic acids is 4. The zero-order chi connectivity index (χ0) is 71.8. The maximum Gasteiger partial charge on any atom is 0.472 e. The van der Waals surface area contributed by atoms with Crippen LogP contribution < -0.4 is 0 Å². The van der Waals surface area contributed by atoms with Gasteiger partial charge in [0.1, 0.15) is 19.3 Å². The highest BCUT2D eigenvalue weighted by Gasteiger charge is 2.30. The second-order valence-electron chi connectivity index (χ2n) is 27.8. The molecule has 0 spiro atoms. The highest BCUT2D eigenvalue weighted by atomic mass is 31.2. The van der Waals surface area contributed by atoms with Crippen molar-refractivity contribution in [1.82, 2.24) is 0 Å². The number of rotatable bonds is 78. The SMILES string of the molecule is CCCCCC/C=C\C=C/CCCCCCCC(=O)OC[C@H](COP(=O)(O)OC[C@@H](O)COP(=O)(O)OC[C@@H](COC(=O)CCCCCCCCCCCCC)OC(=O)CCCCCCCCCCCCCCCCC)OC(=O)CCCCCCCCCCCCCCCCCCC. The Hall–Kier alpha value is -2.46. The van der Waals surface area contributed by atoms with E-state index in [1.165, 1.54) is 212 Å². The molecule has 17 nitrogen and oxygen atoms in total. The van der Waals surface area contributed by atoms with Crippen molar-refractivity contribution in [1.29, 1.82) is 0 Å². The van der Waals surface area contributed by atoms with Crippen molar-refractivity contribution >= 4 is 39.5 Å². The van der Waals surface area contributed by atoms with E-state index in [1.54, 1.807) is 0 Å². The van der Waals surface area contributed by atoms with Crippen LogP contribution in [0.4, 0.5) is 0 Å². The molecular formula is C79H150O17P2. The van der Waals surface area contributed by atoms with Crippen LogP contribution in [0, 0.1) is 0 Å². The molecule has 0 radical (unpaired) electrons. The van der Waals surface area contributed by atoms with E-state index in [-0.39, 0.29) is 25.7 Å². The molecule has 0 bridgehead atoms. The monoisotopic (exact) mass is 1430 g/mol. The van der Waals surface area contributed by atoms with E-state index in [0.717, 1.165) is 109 Å². The number of aliphatic hydroxyl groups excluding tert-OH is 1. The van der Waals surface area contributed by atoms with E-state index in [4.69, 9.17) is 37.0 Å². The molecule has 2 unspecified atom stereocenters. The third-order valence-electron chi connectivity index (χ3n) is 18.0. The topological polar surface area (TPSA) is 237 Å². The van der Waals surface area contributed by atoms with E-state index in [9.17, 15) is 43.2 Å². The summed E-state index contributed by atoms with van der Waals surface area (Å²) in [5.41, 5.74) is 0. The first-order chi connectivity index (χ1) is 47.7. The molecule has 0 aromatic heterocycles. The fourth-order valence-corrected chi connectivity index (χ4v) is 13.3. The van der Waals surface area contributed by atoms with Gasteiger partial charge in [-0.1, -0.05) is 347 Å². The molecule has 0 aromatic rings. The Morgan fingerprint density at radius 1 is 0.286 bits per heavy atom. The molecule has 0 fully saturated rings. The molecule has 5 atom stereocenters. The molecule has 0 heterocycles. The summed E-state index contributed by atoms with van der Waals surface area (Å²) in [6, 6.07) is 0. The van der Waals surface area contributed by atoms with Crippen LogP contribution in [0.25, 0.3) is 0 Å². The molecule has 0 amide bonds. The van der Waals surface area contributed by atoms with E-state index in [2.05, 4.69) is 52.0 Å². The average Bonchev–Trinajstić information content (AvgIpc) is 0.996. The number of ether oxygens (including phenoxy) is 4. The largest absolute Gasteiger partial charge is 0.472 e. The van der Waals surface area contributed by atoms with Crippen LogP contribution in [0.3, 0.4) is 0 Å². The Balaban J connectivity index is 5.28. The van der Waals surface area contributed by atoms with Gasteiger partial charge < -0.3 is 33.8 Å². The lowest BCUT2D eigenvalue weighted by molar-refractivity contribution is -0.161. The summed E-state index contributed by atoms with van der Waals surface area (Å²) in [5.74, 6) is -2.14. The fraction of sp³-hybridized carbons (Fsp3) is 0.899. The van der Waals surface area contributed by atoms with E-state index >= 15 is 0 Å². The summed E-state index contributed by atoms with van der Waals surface area (Å²) in [4.78, 5) is 72.9. The summed E-state index contributed by atoms with van der Waals surface area (Å²) in [6.07, 6.45) is 67.2. The first kappa shape index (κ1) is 95.5. The lowest BCUT2D eigenvalue weighted by Gasteiger charge is -2.21. The predicted octanol–water partition coefficient (Wildman–Crippen LogP) is 23.3. The van der Waals surface area contributed by atoms with Gasteiger partial charge in [0.25, 0.3) is 0 Å². The van der Waals surface area contributed by atoms with Gasteiger partial charge in [0.15, 0.2) is 12.2 Å². The minimum atomic E-state index is -4.97. The number of phosphoric acid groups is 2. The van der Waals surface area contributed by atoms with Gasteiger partial charge in [-0.05, 0) is 51.4 Å². The van der Waals surface area contributed by atoms with Crippen LogP contribution in [0.1, 0.15) is 400 Å². The van der Waals surface area contributed by atoms with E-state index in [0.29, 0.717) is 25.7 Å². The molecular weight excluding hydrogens is 1280 g/mol.